The predicted molar refractivity (Wildman–Crippen MR) is 156 cm³/mol. The Bertz CT molecular complexity index is 1390. The number of carbonyl (C=O) groups excluding carboxylic acids is 2. The Labute approximate surface area is 244 Å². The lowest BCUT2D eigenvalue weighted by Crippen LogP contribution is -2.53. The molecule has 0 bridgehead atoms. The lowest BCUT2D eigenvalue weighted by molar-refractivity contribution is -0.141. The van der Waals surface area contributed by atoms with E-state index in [1.807, 2.05) is 37.3 Å². The van der Waals surface area contributed by atoms with Crippen molar-refractivity contribution < 1.29 is 18.0 Å². The predicted octanol–water partition coefficient (Wildman–Crippen LogP) is 5.43. The molecule has 208 valence electrons. The number of likely N-dealkylation sites (N-methyl/N-ethyl adjacent to an activating group) is 1. The summed E-state index contributed by atoms with van der Waals surface area (Å²) in [5.74, 6) is -0.883. The van der Waals surface area contributed by atoms with Crippen molar-refractivity contribution in [3.63, 3.8) is 0 Å². The van der Waals surface area contributed by atoms with Gasteiger partial charge in [0, 0.05) is 31.6 Å². The average molecular weight is 611 g/mol. The molecule has 0 aliphatic rings. The third kappa shape index (κ3) is 8.43. The molecule has 0 radical (unpaired) electrons. The Hall–Kier alpha value is -2.62. The molecule has 7 nitrogen and oxygen atoms in total. The quantitative estimate of drug-likeness (QED) is 0.296. The molecule has 1 atom stereocenters. The van der Waals surface area contributed by atoms with Crippen molar-refractivity contribution in [1.82, 2.24) is 14.5 Å². The number of sulfonamides is 1. The lowest BCUT2D eigenvalue weighted by atomic mass is 10.0. The monoisotopic (exact) mass is 609 g/mol. The SMILES string of the molecule is CCCNC(=O)[C@@H](Cc1ccccc1)N(Cc1ccc(Cl)c(Cl)c1)C(=O)CN(C)S(=O)(=O)c1ccc(Cl)cc1. The second kappa shape index (κ2) is 14.1. The Balaban J connectivity index is 1.98. The fourth-order valence-electron chi connectivity index (χ4n) is 3.91. The fourth-order valence-corrected chi connectivity index (χ4v) is 5.47. The van der Waals surface area contributed by atoms with Crippen molar-refractivity contribution in [2.24, 2.45) is 0 Å². The van der Waals surface area contributed by atoms with Crippen LogP contribution in [0.1, 0.15) is 24.5 Å². The fraction of sp³-hybridized carbons (Fsp3) is 0.286. The van der Waals surface area contributed by atoms with Crippen LogP contribution < -0.4 is 5.32 Å². The summed E-state index contributed by atoms with van der Waals surface area (Å²) in [6, 6.07) is 19.1. The van der Waals surface area contributed by atoms with Crippen molar-refractivity contribution in [3.8, 4) is 0 Å². The number of nitrogens with zero attached hydrogens (tertiary/aromatic N) is 2. The van der Waals surface area contributed by atoms with E-state index in [9.17, 15) is 18.0 Å². The summed E-state index contributed by atoms with van der Waals surface area (Å²) in [5, 5.41) is 3.94. The van der Waals surface area contributed by atoms with Crippen LogP contribution in [0.15, 0.2) is 77.7 Å². The molecule has 3 rings (SSSR count). The van der Waals surface area contributed by atoms with Crippen LogP contribution in [0.4, 0.5) is 0 Å². The maximum atomic E-state index is 13.8. The topological polar surface area (TPSA) is 86.8 Å². The van der Waals surface area contributed by atoms with Crippen LogP contribution in [-0.2, 0) is 32.6 Å². The number of halogens is 3. The number of hydrogen-bond acceptors (Lipinski definition) is 4. The zero-order chi connectivity index (χ0) is 28.6. The molecule has 1 N–H and O–H groups in total. The van der Waals surface area contributed by atoms with Crippen LogP contribution in [0.5, 0.6) is 0 Å². The summed E-state index contributed by atoms with van der Waals surface area (Å²) in [5.41, 5.74) is 1.49. The van der Waals surface area contributed by atoms with Crippen molar-refractivity contribution in [3.05, 3.63) is 99.0 Å². The molecule has 11 heteroatoms. The molecule has 0 aliphatic carbocycles. The number of nitrogens with one attached hydrogen (secondary N) is 1. The largest absolute Gasteiger partial charge is 0.354 e. The van der Waals surface area contributed by atoms with Gasteiger partial charge >= 0.3 is 0 Å². The lowest BCUT2D eigenvalue weighted by Gasteiger charge is -2.32. The van der Waals surface area contributed by atoms with Gasteiger partial charge in [-0.3, -0.25) is 9.59 Å². The van der Waals surface area contributed by atoms with E-state index in [0.717, 1.165) is 9.87 Å². The molecule has 0 aromatic heterocycles. The molecule has 0 saturated carbocycles. The van der Waals surface area contributed by atoms with E-state index in [0.29, 0.717) is 33.6 Å². The van der Waals surface area contributed by atoms with E-state index in [-0.39, 0.29) is 23.8 Å². The minimum Gasteiger partial charge on any atom is -0.354 e. The molecule has 39 heavy (non-hydrogen) atoms. The molecule has 0 saturated heterocycles. The number of hydrogen-bond donors (Lipinski definition) is 1. The molecule has 0 heterocycles. The number of rotatable bonds is 12. The van der Waals surface area contributed by atoms with Crippen LogP contribution in [0.2, 0.25) is 15.1 Å². The van der Waals surface area contributed by atoms with Crippen LogP contribution in [0.3, 0.4) is 0 Å². The number of amides is 2. The second-order valence-corrected chi connectivity index (χ2v) is 12.3. The highest BCUT2D eigenvalue weighted by atomic mass is 35.5. The first kappa shape index (κ1) is 30.9. The minimum absolute atomic E-state index is 0.000225. The second-order valence-electron chi connectivity index (χ2n) is 8.98. The van der Waals surface area contributed by atoms with E-state index in [4.69, 9.17) is 34.8 Å². The van der Waals surface area contributed by atoms with Crippen molar-refractivity contribution in [2.45, 2.75) is 37.2 Å². The van der Waals surface area contributed by atoms with Gasteiger partial charge in [0.05, 0.1) is 21.5 Å². The molecule has 0 aliphatic heterocycles. The summed E-state index contributed by atoms with van der Waals surface area (Å²) in [4.78, 5) is 28.6. The van der Waals surface area contributed by atoms with E-state index in [1.54, 1.807) is 18.2 Å². The van der Waals surface area contributed by atoms with E-state index in [1.165, 1.54) is 36.2 Å². The minimum atomic E-state index is -4.00. The molecule has 0 fully saturated rings. The van der Waals surface area contributed by atoms with E-state index >= 15 is 0 Å². The Kier molecular flexibility index (Phi) is 11.2. The maximum Gasteiger partial charge on any atom is 0.243 e. The van der Waals surface area contributed by atoms with Crippen LogP contribution in [0, 0.1) is 0 Å². The summed E-state index contributed by atoms with van der Waals surface area (Å²) in [7, 11) is -2.68. The van der Waals surface area contributed by atoms with Gasteiger partial charge in [-0.15, -0.1) is 0 Å². The third-order valence-electron chi connectivity index (χ3n) is 6.04. The molecule has 3 aromatic carbocycles. The first-order valence-electron chi connectivity index (χ1n) is 12.3. The first-order valence-corrected chi connectivity index (χ1v) is 14.9. The Morgan fingerprint density at radius 3 is 2.18 bits per heavy atom. The van der Waals surface area contributed by atoms with Gasteiger partial charge in [0.2, 0.25) is 21.8 Å². The van der Waals surface area contributed by atoms with Gasteiger partial charge in [0.25, 0.3) is 0 Å². The summed E-state index contributed by atoms with van der Waals surface area (Å²) in [6.45, 7) is 1.89. The normalized spacial score (nSPS) is 12.3. The average Bonchev–Trinajstić information content (AvgIpc) is 2.91. The van der Waals surface area contributed by atoms with Crippen molar-refractivity contribution in [2.75, 3.05) is 20.1 Å². The van der Waals surface area contributed by atoms with Crippen LogP contribution in [0.25, 0.3) is 0 Å². The van der Waals surface area contributed by atoms with Crippen molar-refractivity contribution in [1.29, 1.82) is 0 Å². The first-order chi connectivity index (χ1) is 18.5. The smallest absolute Gasteiger partial charge is 0.243 e. The van der Waals surface area contributed by atoms with E-state index < -0.39 is 28.5 Å². The zero-order valence-electron chi connectivity index (χ0n) is 21.6. The van der Waals surface area contributed by atoms with Gasteiger partial charge in [-0.05, 0) is 53.9 Å². The molecular formula is C28H30Cl3N3O4S. The van der Waals surface area contributed by atoms with Gasteiger partial charge in [0.1, 0.15) is 6.04 Å². The molecule has 0 unspecified atom stereocenters. The standard InChI is InChI=1S/C28H30Cl3N3O4S/c1-3-15-32-28(36)26(17-20-7-5-4-6-8-20)34(18-21-9-14-24(30)25(31)16-21)27(35)19-33(2)39(37,38)23-12-10-22(29)11-13-23/h4-14,16,26H,3,15,17-19H2,1-2H3,(H,32,36)/t26-/m1/s1. The van der Waals surface area contributed by atoms with Gasteiger partial charge in [-0.25, -0.2) is 8.42 Å². The molecule has 3 aromatic rings. The van der Waals surface area contributed by atoms with Crippen molar-refractivity contribution >= 4 is 56.6 Å². The van der Waals surface area contributed by atoms with Crippen LogP contribution in [-0.4, -0.2) is 55.6 Å². The van der Waals surface area contributed by atoms with E-state index in [2.05, 4.69) is 5.32 Å². The van der Waals surface area contributed by atoms with Gasteiger partial charge in [0.15, 0.2) is 0 Å². The Morgan fingerprint density at radius 1 is 0.897 bits per heavy atom. The number of benzene rings is 3. The summed E-state index contributed by atoms with van der Waals surface area (Å²) in [6.07, 6.45) is 0.948. The Morgan fingerprint density at radius 2 is 1.56 bits per heavy atom. The van der Waals surface area contributed by atoms with Crippen LogP contribution >= 0.6 is 34.8 Å². The van der Waals surface area contributed by atoms with Gasteiger partial charge in [-0.1, -0.05) is 78.1 Å². The highest BCUT2D eigenvalue weighted by Crippen LogP contribution is 2.25. The van der Waals surface area contributed by atoms with Gasteiger partial charge < -0.3 is 10.2 Å². The summed E-state index contributed by atoms with van der Waals surface area (Å²) < 4.78 is 27.3. The zero-order valence-corrected chi connectivity index (χ0v) is 24.7. The molecular weight excluding hydrogens is 581 g/mol. The highest BCUT2D eigenvalue weighted by molar-refractivity contribution is 7.89. The summed E-state index contributed by atoms with van der Waals surface area (Å²) >= 11 is 18.2. The third-order valence-corrected chi connectivity index (χ3v) is 8.85. The molecule has 0 spiro atoms. The highest BCUT2D eigenvalue weighted by Gasteiger charge is 2.33. The van der Waals surface area contributed by atoms with Gasteiger partial charge in [-0.2, -0.15) is 4.31 Å². The number of carbonyl (C=O) groups is 2. The molecule has 2 amide bonds. The maximum absolute atomic E-state index is 13.8.